The fraction of sp³-hybridized carbons (Fsp3) is 0.308. The van der Waals surface area contributed by atoms with Crippen LogP contribution in [0.15, 0.2) is 60.7 Å². The minimum atomic E-state index is -0.466. The monoisotopic (exact) mass is 404 g/mol. The van der Waals surface area contributed by atoms with Crippen LogP contribution < -0.4 is 4.74 Å². The number of esters is 2. The molecule has 0 unspecified atom stereocenters. The predicted molar refractivity (Wildman–Crippen MR) is 121 cm³/mol. The van der Waals surface area contributed by atoms with Crippen molar-refractivity contribution < 1.29 is 19.1 Å². The number of fused-ring (bicyclic) bond motifs is 3. The van der Waals surface area contributed by atoms with Crippen molar-refractivity contribution in [2.45, 2.75) is 40.5 Å². The Morgan fingerprint density at radius 2 is 1.57 bits per heavy atom. The Bertz CT molecular complexity index is 1120. The lowest BCUT2D eigenvalue weighted by Gasteiger charge is -2.16. The second-order valence-corrected chi connectivity index (χ2v) is 8.66. The van der Waals surface area contributed by atoms with Gasteiger partial charge in [0, 0.05) is 5.57 Å². The van der Waals surface area contributed by atoms with E-state index < -0.39 is 11.4 Å². The molecule has 4 nitrogen and oxygen atoms in total. The number of carbonyl (C=O) groups is 2. The van der Waals surface area contributed by atoms with Crippen LogP contribution in [0.4, 0.5) is 0 Å². The third kappa shape index (κ3) is 5.07. The average Bonchev–Trinajstić information content (AvgIpc) is 2.69. The highest BCUT2D eigenvalue weighted by Gasteiger charge is 2.22. The molecule has 0 N–H and O–H groups in total. The molecule has 0 amide bonds. The third-order valence-electron chi connectivity index (χ3n) is 4.89. The molecule has 0 spiro atoms. The molecule has 0 bridgehead atoms. The number of hydrogen-bond donors (Lipinski definition) is 0. The summed E-state index contributed by atoms with van der Waals surface area (Å²) in [4.78, 5) is 23.6. The number of aryl methyl sites for hydroxylation is 1. The number of hydrogen-bond acceptors (Lipinski definition) is 4. The van der Waals surface area contributed by atoms with Crippen LogP contribution in [0.2, 0.25) is 0 Å². The smallest absolute Gasteiger partial charge is 0.338 e. The highest BCUT2D eigenvalue weighted by atomic mass is 16.5. The predicted octanol–water partition coefficient (Wildman–Crippen LogP) is 6.00. The maximum absolute atomic E-state index is 11.8. The zero-order valence-electron chi connectivity index (χ0n) is 18.1. The normalized spacial score (nSPS) is 11.5. The van der Waals surface area contributed by atoms with Crippen molar-refractivity contribution in [2.24, 2.45) is 5.41 Å². The SMILES string of the molecule is C=C(C)C(=O)Oc1ccc2c(ccc3cc(CCCOC(=O)C(C)(C)C)ccc32)c1. The number of ether oxygens (including phenoxy) is 2. The molecule has 3 rings (SSSR count). The van der Waals surface area contributed by atoms with Crippen molar-refractivity contribution in [1.29, 1.82) is 0 Å². The highest BCUT2D eigenvalue weighted by Crippen LogP contribution is 2.29. The van der Waals surface area contributed by atoms with Crippen LogP contribution in [0.25, 0.3) is 21.5 Å². The number of benzene rings is 3. The summed E-state index contributed by atoms with van der Waals surface area (Å²) in [6.45, 7) is 11.2. The van der Waals surface area contributed by atoms with Gasteiger partial charge in [-0.1, -0.05) is 43.0 Å². The molecule has 0 saturated carbocycles. The molecule has 0 radical (unpaired) electrons. The van der Waals surface area contributed by atoms with Gasteiger partial charge in [0.05, 0.1) is 12.0 Å². The van der Waals surface area contributed by atoms with Gasteiger partial charge in [0.15, 0.2) is 0 Å². The summed E-state index contributed by atoms with van der Waals surface area (Å²) in [7, 11) is 0. The Morgan fingerprint density at radius 3 is 2.20 bits per heavy atom. The highest BCUT2D eigenvalue weighted by molar-refractivity contribution is 6.08. The zero-order valence-corrected chi connectivity index (χ0v) is 18.1. The molecule has 156 valence electrons. The van der Waals surface area contributed by atoms with E-state index in [1.807, 2.05) is 39.0 Å². The number of carbonyl (C=O) groups excluding carboxylic acids is 2. The average molecular weight is 405 g/mol. The molecule has 4 heteroatoms. The summed E-state index contributed by atoms with van der Waals surface area (Å²) in [5, 5.41) is 4.41. The first-order valence-electron chi connectivity index (χ1n) is 10.2. The molecule has 0 aromatic heterocycles. The van der Waals surface area contributed by atoms with E-state index in [4.69, 9.17) is 9.47 Å². The summed E-state index contributed by atoms with van der Waals surface area (Å²) in [6, 6.07) is 16.2. The summed E-state index contributed by atoms with van der Waals surface area (Å²) in [5.41, 5.74) is 1.11. The Hall–Kier alpha value is -3.14. The Balaban J connectivity index is 1.72. The van der Waals surface area contributed by atoms with Gasteiger partial charge in [-0.15, -0.1) is 0 Å². The molecule has 0 fully saturated rings. The Labute approximate surface area is 177 Å². The van der Waals surface area contributed by atoms with E-state index in [2.05, 4.69) is 30.8 Å². The lowest BCUT2D eigenvalue weighted by molar-refractivity contribution is -0.153. The maximum atomic E-state index is 11.8. The minimum Gasteiger partial charge on any atom is -0.465 e. The van der Waals surface area contributed by atoms with Gasteiger partial charge in [-0.25, -0.2) is 4.79 Å². The lowest BCUT2D eigenvalue weighted by atomic mass is 9.97. The molecular weight excluding hydrogens is 376 g/mol. The van der Waals surface area contributed by atoms with Gasteiger partial charge in [0.25, 0.3) is 0 Å². The van der Waals surface area contributed by atoms with Crippen LogP contribution in [0, 0.1) is 5.41 Å². The maximum Gasteiger partial charge on any atom is 0.338 e. The quantitative estimate of drug-likeness (QED) is 0.166. The van der Waals surface area contributed by atoms with E-state index in [-0.39, 0.29) is 5.97 Å². The van der Waals surface area contributed by atoms with Gasteiger partial charge >= 0.3 is 11.9 Å². The summed E-state index contributed by atoms with van der Waals surface area (Å²) in [6.07, 6.45) is 1.64. The van der Waals surface area contributed by atoms with Crippen molar-refractivity contribution in [3.63, 3.8) is 0 Å². The molecular formula is C26H28O4. The topological polar surface area (TPSA) is 52.6 Å². The van der Waals surface area contributed by atoms with Crippen LogP contribution in [0.3, 0.4) is 0 Å². The van der Waals surface area contributed by atoms with Crippen LogP contribution in [0.5, 0.6) is 5.75 Å². The molecule has 3 aromatic rings. The lowest BCUT2D eigenvalue weighted by Crippen LogP contribution is -2.23. The van der Waals surface area contributed by atoms with E-state index in [1.54, 1.807) is 13.0 Å². The van der Waals surface area contributed by atoms with Gasteiger partial charge < -0.3 is 9.47 Å². The fourth-order valence-corrected chi connectivity index (χ4v) is 3.17. The molecule has 0 heterocycles. The van der Waals surface area contributed by atoms with E-state index in [0.29, 0.717) is 17.9 Å². The molecule has 0 aliphatic rings. The summed E-state index contributed by atoms with van der Waals surface area (Å²) < 4.78 is 10.7. The third-order valence-corrected chi connectivity index (χ3v) is 4.89. The Morgan fingerprint density at radius 1 is 0.933 bits per heavy atom. The standard InChI is InChI=1S/C26H28O4/c1-17(2)24(27)30-21-11-13-23-20(16-21)10-9-19-15-18(8-12-22(19)23)7-6-14-29-25(28)26(3,4)5/h8-13,15-16H,1,6-7,14H2,2-5H3. The fourth-order valence-electron chi connectivity index (χ4n) is 3.17. The first kappa shape index (κ1) is 21.6. The van der Waals surface area contributed by atoms with Crippen molar-refractivity contribution in [2.75, 3.05) is 6.61 Å². The van der Waals surface area contributed by atoms with Gasteiger partial charge in [-0.05, 0) is 79.8 Å². The molecule has 30 heavy (non-hydrogen) atoms. The van der Waals surface area contributed by atoms with E-state index in [1.165, 1.54) is 5.56 Å². The van der Waals surface area contributed by atoms with Crippen molar-refractivity contribution >= 4 is 33.5 Å². The van der Waals surface area contributed by atoms with Crippen molar-refractivity contribution in [1.82, 2.24) is 0 Å². The van der Waals surface area contributed by atoms with Gasteiger partial charge in [-0.2, -0.15) is 0 Å². The van der Waals surface area contributed by atoms with Gasteiger partial charge in [0.1, 0.15) is 5.75 Å². The van der Waals surface area contributed by atoms with Crippen molar-refractivity contribution in [3.8, 4) is 5.75 Å². The Kier molecular flexibility index (Phi) is 6.25. The van der Waals surface area contributed by atoms with Crippen LogP contribution in [-0.2, 0) is 20.7 Å². The summed E-state index contributed by atoms with van der Waals surface area (Å²) >= 11 is 0. The minimum absolute atomic E-state index is 0.166. The van der Waals surface area contributed by atoms with E-state index in [0.717, 1.165) is 34.4 Å². The molecule has 0 aliphatic heterocycles. The first-order valence-corrected chi connectivity index (χ1v) is 10.2. The largest absolute Gasteiger partial charge is 0.465 e. The van der Waals surface area contributed by atoms with Gasteiger partial charge in [0.2, 0.25) is 0 Å². The first-order chi connectivity index (χ1) is 14.1. The van der Waals surface area contributed by atoms with E-state index >= 15 is 0 Å². The summed E-state index contributed by atoms with van der Waals surface area (Å²) in [5.74, 6) is -0.0787. The van der Waals surface area contributed by atoms with Gasteiger partial charge in [-0.3, -0.25) is 4.79 Å². The second kappa shape index (κ2) is 8.70. The van der Waals surface area contributed by atoms with Crippen LogP contribution >= 0.6 is 0 Å². The van der Waals surface area contributed by atoms with Crippen molar-refractivity contribution in [3.05, 3.63) is 66.2 Å². The molecule has 0 saturated heterocycles. The number of rotatable bonds is 6. The van der Waals surface area contributed by atoms with Crippen LogP contribution in [0.1, 0.15) is 39.7 Å². The molecule has 0 aliphatic carbocycles. The second-order valence-electron chi connectivity index (χ2n) is 8.66. The van der Waals surface area contributed by atoms with E-state index in [9.17, 15) is 9.59 Å². The van der Waals surface area contributed by atoms with Crippen LogP contribution in [-0.4, -0.2) is 18.5 Å². The molecule has 3 aromatic carbocycles. The zero-order chi connectivity index (χ0) is 21.9. The molecule has 0 atom stereocenters.